The second-order valence-corrected chi connectivity index (χ2v) is 4.76. The van der Waals surface area contributed by atoms with E-state index in [1.165, 1.54) is 0 Å². The molecule has 2 rings (SSSR count). The van der Waals surface area contributed by atoms with Crippen LogP contribution in [0.15, 0.2) is 36.4 Å². The molecule has 0 aliphatic carbocycles. The lowest BCUT2D eigenvalue weighted by Crippen LogP contribution is -2.33. The molecule has 78 valence electrons. The van der Waals surface area contributed by atoms with Gasteiger partial charge in [0.1, 0.15) is 0 Å². The molecule has 0 saturated heterocycles. The molecule has 15 heavy (non-hydrogen) atoms. The van der Waals surface area contributed by atoms with E-state index < -0.39 is 0 Å². The number of rotatable bonds is 1. The molecule has 1 amide bonds. The Labute approximate surface area is 103 Å². The van der Waals surface area contributed by atoms with E-state index in [-0.39, 0.29) is 5.91 Å². The van der Waals surface area contributed by atoms with Gasteiger partial charge in [-0.15, -0.1) is 0 Å². The molecule has 0 radical (unpaired) electrons. The minimum absolute atomic E-state index is 0.135. The Hall–Kier alpha value is -0.840. The fourth-order valence-corrected chi connectivity index (χ4v) is 1.96. The number of benzene rings is 1. The molecule has 0 fully saturated rings. The molecule has 0 bridgehead atoms. The third-order valence-corrected chi connectivity index (χ3v) is 3.16. The van der Waals surface area contributed by atoms with E-state index in [4.69, 9.17) is 0 Å². The summed E-state index contributed by atoms with van der Waals surface area (Å²) in [7, 11) is 0. The zero-order valence-electron chi connectivity index (χ0n) is 8.32. The molecule has 0 spiro atoms. The van der Waals surface area contributed by atoms with Crippen molar-refractivity contribution in [1.29, 1.82) is 0 Å². The van der Waals surface area contributed by atoms with Gasteiger partial charge >= 0.3 is 0 Å². The maximum Gasteiger partial charge on any atom is 0.254 e. The first-order chi connectivity index (χ1) is 7.27. The van der Waals surface area contributed by atoms with Gasteiger partial charge in [-0.1, -0.05) is 12.2 Å². The lowest BCUT2D eigenvalue weighted by Gasteiger charge is -2.23. The molecule has 3 heteroatoms. The molecule has 0 N–H and O–H groups in total. The predicted octanol–water partition coefficient (Wildman–Crippen LogP) is 2.69. The van der Waals surface area contributed by atoms with Crippen molar-refractivity contribution in [3.63, 3.8) is 0 Å². The highest BCUT2D eigenvalue weighted by atomic mass is 127. The average Bonchev–Trinajstić information content (AvgIpc) is 2.30. The van der Waals surface area contributed by atoms with Crippen LogP contribution in [0.4, 0.5) is 0 Å². The van der Waals surface area contributed by atoms with Crippen LogP contribution in [0, 0.1) is 3.57 Å². The van der Waals surface area contributed by atoms with Crippen LogP contribution in [0.25, 0.3) is 0 Å². The number of hydrogen-bond acceptors (Lipinski definition) is 1. The lowest BCUT2D eigenvalue weighted by molar-refractivity contribution is 0.0771. The van der Waals surface area contributed by atoms with E-state index in [2.05, 4.69) is 28.7 Å². The fourth-order valence-electron chi connectivity index (χ4n) is 1.60. The Morgan fingerprint density at radius 3 is 2.53 bits per heavy atom. The van der Waals surface area contributed by atoms with Crippen molar-refractivity contribution in [1.82, 2.24) is 4.90 Å². The summed E-state index contributed by atoms with van der Waals surface area (Å²) in [4.78, 5) is 13.9. The van der Waals surface area contributed by atoms with Crippen molar-refractivity contribution < 1.29 is 4.79 Å². The summed E-state index contributed by atoms with van der Waals surface area (Å²) in [6.45, 7) is 1.58. The van der Waals surface area contributed by atoms with Crippen LogP contribution in [0.3, 0.4) is 0 Å². The van der Waals surface area contributed by atoms with Crippen molar-refractivity contribution >= 4 is 28.5 Å². The molecule has 0 saturated carbocycles. The summed E-state index contributed by atoms with van der Waals surface area (Å²) in [5.74, 6) is 0.135. The van der Waals surface area contributed by atoms with Crippen LogP contribution >= 0.6 is 22.6 Å². The Bertz CT molecular complexity index is 383. The molecule has 1 aromatic carbocycles. The summed E-state index contributed by atoms with van der Waals surface area (Å²) in [5.41, 5.74) is 0.783. The van der Waals surface area contributed by atoms with Crippen LogP contribution in [0.5, 0.6) is 0 Å². The first-order valence-electron chi connectivity index (χ1n) is 4.97. The number of amides is 1. The van der Waals surface area contributed by atoms with Gasteiger partial charge in [0.25, 0.3) is 5.91 Å². The summed E-state index contributed by atoms with van der Waals surface area (Å²) in [6, 6.07) is 7.71. The van der Waals surface area contributed by atoms with Gasteiger partial charge in [0, 0.05) is 22.2 Å². The summed E-state index contributed by atoms with van der Waals surface area (Å²) >= 11 is 2.24. The molecular formula is C12H12INO. The SMILES string of the molecule is O=C(c1ccc(I)cc1)N1CC=CCC1. The van der Waals surface area contributed by atoms with Crippen molar-refractivity contribution in [2.45, 2.75) is 6.42 Å². The van der Waals surface area contributed by atoms with Gasteiger partial charge in [-0.3, -0.25) is 4.79 Å². The zero-order chi connectivity index (χ0) is 10.7. The van der Waals surface area contributed by atoms with Crippen LogP contribution in [-0.2, 0) is 0 Å². The minimum atomic E-state index is 0.135. The first kappa shape index (κ1) is 10.7. The second-order valence-electron chi connectivity index (χ2n) is 3.52. The number of carbonyl (C=O) groups is 1. The van der Waals surface area contributed by atoms with Gasteiger partial charge < -0.3 is 4.90 Å². The monoisotopic (exact) mass is 313 g/mol. The largest absolute Gasteiger partial charge is 0.335 e. The highest BCUT2D eigenvalue weighted by molar-refractivity contribution is 14.1. The Morgan fingerprint density at radius 1 is 1.20 bits per heavy atom. The average molecular weight is 313 g/mol. The van der Waals surface area contributed by atoms with Crippen LogP contribution in [0.2, 0.25) is 0 Å². The number of hydrogen-bond donors (Lipinski definition) is 0. The third-order valence-electron chi connectivity index (χ3n) is 2.44. The van der Waals surface area contributed by atoms with Crippen LogP contribution in [0.1, 0.15) is 16.8 Å². The molecule has 1 heterocycles. The molecule has 2 nitrogen and oxygen atoms in total. The summed E-state index contributed by atoms with van der Waals surface area (Å²) < 4.78 is 1.16. The van der Waals surface area contributed by atoms with E-state index in [1.807, 2.05) is 35.2 Å². The highest BCUT2D eigenvalue weighted by Crippen LogP contribution is 2.11. The maximum atomic E-state index is 12.0. The van der Waals surface area contributed by atoms with Crippen molar-refractivity contribution in [3.8, 4) is 0 Å². The van der Waals surface area contributed by atoms with Crippen molar-refractivity contribution in [2.24, 2.45) is 0 Å². The van der Waals surface area contributed by atoms with Gasteiger partial charge in [-0.05, 0) is 53.3 Å². The second kappa shape index (κ2) is 4.79. The third kappa shape index (κ3) is 2.59. The fraction of sp³-hybridized carbons (Fsp3) is 0.250. The molecule has 0 atom stereocenters. The summed E-state index contributed by atoms with van der Waals surface area (Å²) in [5, 5.41) is 0. The first-order valence-corrected chi connectivity index (χ1v) is 6.05. The summed E-state index contributed by atoms with van der Waals surface area (Å²) in [6.07, 6.45) is 5.14. The number of nitrogens with zero attached hydrogens (tertiary/aromatic N) is 1. The standard InChI is InChI=1S/C12H12INO/c13-11-6-4-10(5-7-11)12(15)14-8-2-1-3-9-14/h1-2,4-7H,3,8-9H2. The quantitative estimate of drug-likeness (QED) is 0.577. The smallest absolute Gasteiger partial charge is 0.254 e. The number of halogens is 1. The van der Waals surface area contributed by atoms with Gasteiger partial charge in [-0.2, -0.15) is 0 Å². The normalized spacial score (nSPS) is 15.4. The molecule has 1 aliphatic heterocycles. The number of carbonyl (C=O) groups excluding carboxylic acids is 1. The van der Waals surface area contributed by atoms with E-state index in [0.29, 0.717) is 0 Å². The molecular weight excluding hydrogens is 301 g/mol. The van der Waals surface area contributed by atoms with E-state index in [0.717, 1.165) is 28.6 Å². The molecule has 1 aromatic rings. The molecule has 0 unspecified atom stereocenters. The molecule has 1 aliphatic rings. The Morgan fingerprint density at radius 2 is 1.93 bits per heavy atom. The lowest BCUT2D eigenvalue weighted by atomic mass is 10.1. The van der Waals surface area contributed by atoms with Crippen LogP contribution in [-0.4, -0.2) is 23.9 Å². The maximum absolute atomic E-state index is 12.0. The topological polar surface area (TPSA) is 20.3 Å². The highest BCUT2D eigenvalue weighted by Gasteiger charge is 2.15. The van der Waals surface area contributed by atoms with E-state index >= 15 is 0 Å². The van der Waals surface area contributed by atoms with Gasteiger partial charge in [-0.25, -0.2) is 0 Å². The van der Waals surface area contributed by atoms with Crippen molar-refractivity contribution in [2.75, 3.05) is 13.1 Å². The Balaban J connectivity index is 2.13. The molecule has 0 aromatic heterocycles. The Kier molecular flexibility index (Phi) is 3.41. The van der Waals surface area contributed by atoms with Crippen LogP contribution < -0.4 is 0 Å². The van der Waals surface area contributed by atoms with E-state index in [9.17, 15) is 4.79 Å². The van der Waals surface area contributed by atoms with Gasteiger partial charge in [0.05, 0.1) is 0 Å². The predicted molar refractivity (Wildman–Crippen MR) is 68.8 cm³/mol. The minimum Gasteiger partial charge on any atom is -0.335 e. The van der Waals surface area contributed by atoms with Gasteiger partial charge in [0.15, 0.2) is 0 Å². The van der Waals surface area contributed by atoms with Crippen molar-refractivity contribution in [3.05, 3.63) is 45.6 Å². The zero-order valence-corrected chi connectivity index (χ0v) is 10.5. The van der Waals surface area contributed by atoms with E-state index in [1.54, 1.807) is 0 Å². The van der Waals surface area contributed by atoms with Gasteiger partial charge in [0.2, 0.25) is 0 Å².